The van der Waals surface area contributed by atoms with Crippen molar-refractivity contribution in [1.29, 1.82) is 0 Å². The summed E-state index contributed by atoms with van der Waals surface area (Å²) < 4.78 is 1.86. The van der Waals surface area contributed by atoms with E-state index in [-0.39, 0.29) is 5.56 Å². The molecule has 1 aliphatic rings. The molecule has 1 aromatic carbocycles. The summed E-state index contributed by atoms with van der Waals surface area (Å²) in [6, 6.07) is 9.33. The molecule has 2 aromatic heterocycles. The highest BCUT2D eigenvalue weighted by Gasteiger charge is 2.22. The molecule has 0 atom stereocenters. The Balaban J connectivity index is 1.60. The maximum absolute atomic E-state index is 12.6. The van der Waals surface area contributed by atoms with E-state index in [9.17, 15) is 4.79 Å². The first-order valence-corrected chi connectivity index (χ1v) is 8.55. The van der Waals surface area contributed by atoms with Crippen molar-refractivity contribution >= 4 is 11.6 Å². The summed E-state index contributed by atoms with van der Waals surface area (Å²) >= 11 is 5.93. The van der Waals surface area contributed by atoms with E-state index in [1.807, 2.05) is 29.9 Å². The van der Waals surface area contributed by atoms with Crippen LogP contribution in [0.3, 0.4) is 0 Å². The average molecular weight is 356 g/mol. The van der Waals surface area contributed by atoms with Crippen LogP contribution in [-0.4, -0.2) is 31.2 Å². The third-order valence-electron chi connectivity index (χ3n) is 4.57. The second kappa shape index (κ2) is 6.46. The average Bonchev–Trinajstić information content (AvgIpc) is 3.01. The Morgan fingerprint density at radius 1 is 1.24 bits per heavy atom. The van der Waals surface area contributed by atoms with Crippen molar-refractivity contribution in [2.75, 3.05) is 6.54 Å². The Bertz CT molecular complexity index is 960. The number of hydrogen-bond acceptors (Lipinski definition) is 4. The standard InChI is InChI=1S/C18H18ClN5O/c1-23-14(6-8-20-23)10-24-9-7-16-15(11-24)18(25)22-17(21-16)12-2-4-13(19)5-3-12/h2-6,8H,7,9-11H2,1H3,(H,21,22,25). The third-order valence-corrected chi connectivity index (χ3v) is 4.83. The SMILES string of the molecule is Cn1nccc1CN1CCc2nc(-c3ccc(Cl)cc3)[nH]c(=O)c2C1. The first-order valence-electron chi connectivity index (χ1n) is 8.17. The number of H-pyrrole nitrogens is 1. The first-order chi connectivity index (χ1) is 12.1. The van der Waals surface area contributed by atoms with Gasteiger partial charge in [-0.05, 0) is 30.3 Å². The fraction of sp³-hybridized carbons (Fsp3) is 0.278. The van der Waals surface area contributed by atoms with E-state index in [0.29, 0.717) is 17.4 Å². The highest BCUT2D eigenvalue weighted by molar-refractivity contribution is 6.30. The lowest BCUT2D eigenvalue weighted by Gasteiger charge is -2.27. The Morgan fingerprint density at radius 3 is 2.76 bits per heavy atom. The number of aromatic nitrogens is 4. The van der Waals surface area contributed by atoms with Gasteiger partial charge >= 0.3 is 0 Å². The molecule has 128 valence electrons. The number of rotatable bonds is 3. The summed E-state index contributed by atoms with van der Waals surface area (Å²) in [7, 11) is 1.93. The van der Waals surface area contributed by atoms with Crippen LogP contribution < -0.4 is 5.56 Å². The van der Waals surface area contributed by atoms with Gasteiger partial charge in [0.2, 0.25) is 0 Å². The summed E-state index contributed by atoms with van der Waals surface area (Å²) in [5.41, 5.74) is 3.57. The molecule has 0 fully saturated rings. The summed E-state index contributed by atoms with van der Waals surface area (Å²) in [5.74, 6) is 0.598. The molecule has 3 aromatic rings. The molecule has 6 nitrogen and oxygen atoms in total. The maximum Gasteiger partial charge on any atom is 0.255 e. The van der Waals surface area contributed by atoms with Crippen LogP contribution in [0.2, 0.25) is 5.02 Å². The number of benzene rings is 1. The lowest BCUT2D eigenvalue weighted by molar-refractivity contribution is 0.235. The molecule has 0 unspecified atom stereocenters. The second-order valence-corrected chi connectivity index (χ2v) is 6.69. The van der Waals surface area contributed by atoms with Gasteiger partial charge in [0.1, 0.15) is 5.82 Å². The van der Waals surface area contributed by atoms with Crippen LogP contribution in [0.25, 0.3) is 11.4 Å². The molecule has 25 heavy (non-hydrogen) atoms. The van der Waals surface area contributed by atoms with E-state index in [0.717, 1.165) is 42.0 Å². The van der Waals surface area contributed by atoms with E-state index in [1.165, 1.54) is 0 Å². The van der Waals surface area contributed by atoms with Gasteiger partial charge in [0.15, 0.2) is 0 Å². The summed E-state index contributed by atoms with van der Waals surface area (Å²) in [6.07, 6.45) is 2.55. The Labute approximate surface area is 150 Å². The first kappa shape index (κ1) is 16.1. The molecule has 3 heterocycles. The molecular weight excluding hydrogens is 338 g/mol. The van der Waals surface area contributed by atoms with Gasteiger partial charge in [-0.25, -0.2) is 4.98 Å². The zero-order valence-electron chi connectivity index (χ0n) is 13.9. The molecule has 0 bridgehead atoms. The topological polar surface area (TPSA) is 66.8 Å². The highest BCUT2D eigenvalue weighted by Crippen LogP contribution is 2.21. The molecular formula is C18H18ClN5O. The number of hydrogen-bond donors (Lipinski definition) is 1. The van der Waals surface area contributed by atoms with Crippen LogP contribution in [0, 0.1) is 0 Å². The molecule has 0 aliphatic carbocycles. The van der Waals surface area contributed by atoms with Gasteiger partial charge in [0.05, 0.1) is 17.0 Å². The van der Waals surface area contributed by atoms with Crippen molar-refractivity contribution < 1.29 is 0 Å². The highest BCUT2D eigenvalue weighted by atomic mass is 35.5. The zero-order chi connectivity index (χ0) is 17.4. The normalized spacial score (nSPS) is 14.5. The fourth-order valence-electron chi connectivity index (χ4n) is 3.15. The van der Waals surface area contributed by atoms with Gasteiger partial charge in [0, 0.05) is 49.9 Å². The molecule has 1 N–H and O–H groups in total. The van der Waals surface area contributed by atoms with Crippen molar-refractivity contribution in [2.45, 2.75) is 19.5 Å². The Morgan fingerprint density at radius 2 is 2.04 bits per heavy atom. The molecule has 4 rings (SSSR count). The number of nitrogens with zero attached hydrogens (tertiary/aromatic N) is 4. The van der Waals surface area contributed by atoms with E-state index in [1.54, 1.807) is 18.3 Å². The van der Waals surface area contributed by atoms with Crippen molar-refractivity contribution in [3.05, 3.63) is 68.9 Å². The predicted molar refractivity (Wildman–Crippen MR) is 96.3 cm³/mol. The smallest absolute Gasteiger partial charge is 0.255 e. The van der Waals surface area contributed by atoms with Crippen molar-refractivity contribution in [3.8, 4) is 11.4 Å². The van der Waals surface area contributed by atoms with E-state index < -0.39 is 0 Å². The minimum atomic E-state index is -0.0651. The Hall–Kier alpha value is -2.44. The van der Waals surface area contributed by atoms with Gasteiger partial charge < -0.3 is 4.98 Å². The molecule has 0 amide bonds. The van der Waals surface area contributed by atoms with Gasteiger partial charge in [-0.3, -0.25) is 14.4 Å². The van der Waals surface area contributed by atoms with Gasteiger partial charge in [-0.2, -0.15) is 5.10 Å². The number of aryl methyl sites for hydroxylation is 1. The van der Waals surface area contributed by atoms with Crippen LogP contribution in [0.1, 0.15) is 17.0 Å². The molecule has 7 heteroatoms. The summed E-state index contributed by atoms with van der Waals surface area (Å²) in [5, 5.41) is 4.86. The van der Waals surface area contributed by atoms with Crippen LogP contribution >= 0.6 is 11.6 Å². The summed E-state index contributed by atoms with van der Waals surface area (Å²) in [4.78, 5) is 22.4. The third kappa shape index (κ3) is 3.23. The predicted octanol–water partition coefficient (Wildman–Crippen LogP) is 2.38. The second-order valence-electron chi connectivity index (χ2n) is 6.25. The molecule has 0 spiro atoms. The lowest BCUT2D eigenvalue weighted by atomic mass is 10.1. The number of aromatic amines is 1. The zero-order valence-corrected chi connectivity index (χ0v) is 14.6. The maximum atomic E-state index is 12.6. The van der Waals surface area contributed by atoms with Crippen LogP contribution in [0.5, 0.6) is 0 Å². The number of fused-ring (bicyclic) bond motifs is 1. The van der Waals surface area contributed by atoms with Crippen LogP contribution in [0.4, 0.5) is 0 Å². The number of halogens is 1. The van der Waals surface area contributed by atoms with E-state index in [2.05, 4.69) is 20.0 Å². The van der Waals surface area contributed by atoms with Gasteiger partial charge in [0.25, 0.3) is 5.56 Å². The molecule has 1 aliphatic heterocycles. The van der Waals surface area contributed by atoms with Gasteiger partial charge in [-0.15, -0.1) is 0 Å². The fourth-order valence-corrected chi connectivity index (χ4v) is 3.27. The van der Waals surface area contributed by atoms with E-state index >= 15 is 0 Å². The lowest BCUT2D eigenvalue weighted by Crippen LogP contribution is -2.35. The monoisotopic (exact) mass is 355 g/mol. The van der Waals surface area contributed by atoms with Gasteiger partial charge in [-0.1, -0.05) is 11.6 Å². The van der Waals surface area contributed by atoms with E-state index in [4.69, 9.17) is 11.6 Å². The van der Waals surface area contributed by atoms with Crippen molar-refractivity contribution in [1.82, 2.24) is 24.6 Å². The molecule has 0 saturated carbocycles. The number of nitrogens with one attached hydrogen (secondary N) is 1. The quantitative estimate of drug-likeness (QED) is 0.783. The molecule has 0 saturated heterocycles. The minimum Gasteiger partial charge on any atom is -0.306 e. The van der Waals surface area contributed by atoms with Crippen molar-refractivity contribution in [2.24, 2.45) is 7.05 Å². The van der Waals surface area contributed by atoms with Crippen LogP contribution in [0.15, 0.2) is 41.3 Å². The van der Waals surface area contributed by atoms with Crippen LogP contribution in [-0.2, 0) is 26.6 Å². The molecule has 0 radical (unpaired) electrons. The minimum absolute atomic E-state index is 0.0651. The largest absolute Gasteiger partial charge is 0.306 e. The summed E-state index contributed by atoms with van der Waals surface area (Å²) in [6.45, 7) is 2.24. The Kier molecular flexibility index (Phi) is 4.15. The van der Waals surface area contributed by atoms with Crippen molar-refractivity contribution in [3.63, 3.8) is 0 Å².